The van der Waals surface area contributed by atoms with Crippen LogP contribution in [0.4, 0.5) is 0 Å². The minimum Gasteiger partial charge on any atom is -0.480 e. The molecule has 102 valence electrons. The first-order valence-electron chi connectivity index (χ1n) is 6.06. The van der Waals surface area contributed by atoms with E-state index in [0.29, 0.717) is 13.0 Å². The van der Waals surface area contributed by atoms with E-state index in [1.807, 2.05) is 24.3 Å². The van der Waals surface area contributed by atoms with E-state index in [0.717, 1.165) is 11.1 Å². The Labute approximate surface area is 110 Å². The van der Waals surface area contributed by atoms with Gasteiger partial charge in [0.05, 0.1) is 12.6 Å². The molecular weight excluding hydrogens is 248 g/mol. The smallest absolute Gasteiger partial charge is 0.328 e. The molecule has 1 aromatic rings. The second kappa shape index (κ2) is 5.81. The molecule has 1 aromatic carbocycles. The number of hydrogen-bond donors (Lipinski definition) is 4. The summed E-state index contributed by atoms with van der Waals surface area (Å²) in [5, 5.41) is 23.0. The van der Waals surface area contributed by atoms with Crippen LogP contribution in [0.25, 0.3) is 0 Å². The molecule has 2 rings (SSSR count). The molecule has 0 spiro atoms. The Kier molecular flexibility index (Phi) is 4.13. The topological polar surface area (TPSA) is 98.7 Å². The van der Waals surface area contributed by atoms with Gasteiger partial charge in [0, 0.05) is 6.54 Å². The first-order valence-corrected chi connectivity index (χ1v) is 6.06. The molecule has 1 amide bonds. The van der Waals surface area contributed by atoms with Gasteiger partial charge < -0.3 is 20.8 Å². The molecule has 1 aliphatic heterocycles. The number of carbonyl (C=O) groups excluding carboxylic acids is 1. The van der Waals surface area contributed by atoms with Crippen molar-refractivity contribution in [1.82, 2.24) is 10.6 Å². The Morgan fingerprint density at radius 3 is 2.68 bits per heavy atom. The van der Waals surface area contributed by atoms with Crippen LogP contribution >= 0.6 is 0 Å². The largest absolute Gasteiger partial charge is 0.480 e. The fraction of sp³-hybridized carbons (Fsp3) is 0.385. The molecule has 19 heavy (non-hydrogen) atoms. The van der Waals surface area contributed by atoms with Crippen LogP contribution in [0.2, 0.25) is 0 Å². The van der Waals surface area contributed by atoms with Crippen molar-refractivity contribution in [3.63, 3.8) is 0 Å². The predicted molar refractivity (Wildman–Crippen MR) is 67.4 cm³/mol. The number of carboxylic acids is 1. The number of aliphatic carboxylic acids is 1. The third-order valence-corrected chi connectivity index (χ3v) is 3.19. The van der Waals surface area contributed by atoms with Gasteiger partial charge in [0.1, 0.15) is 6.04 Å². The first-order chi connectivity index (χ1) is 9.11. The van der Waals surface area contributed by atoms with Gasteiger partial charge >= 0.3 is 5.97 Å². The Hall–Kier alpha value is -1.92. The highest BCUT2D eigenvalue weighted by Crippen LogP contribution is 2.16. The van der Waals surface area contributed by atoms with Crippen molar-refractivity contribution in [1.29, 1.82) is 0 Å². The van der Waals surface area contributed by atoms with Gasteiger partial charge in [0.25, 0.3) is 0 Å². The maximum absolute atomic E-state index is 11.9. The molecule has 0 fully saturated rings. The Balaban J connectivity index is 2.01. The summed E-state index contributed by atoms with van der Waals surface area (Å²) in [4.78, 5) is 22.7. The van der Waals surface area contributed by atoms with Gasteiger partial charge in [-0.15, -0.1) is 0 Å². The zero-order valence-electron chi connectivity index (χ0n) is 10.3. The van der Waals surface area contributed by atoms with E-state index < -0.39 is 30.6 Å². The zero-order chi connectivity index (χ0) is 13.8. The lowest BCUT2D eigenvalue weighted by Gasteiger charge is -2.26. The number of fused-ring (bicyclic) bond motifs is 1. The standard InChI is InChI=1S/C13H16N2O4/c16-7-11(13(18)19)15-12(17)10-5-8-3-1-2-4-9(8)6-14-10/h1-4,10-11,14,16H,5-7H2,(H,15,17)(H,18,19)/t10-,11-/m0/s1. The average molecular weight is 264 g/mol. The molecule has 0 bridgehead atoms. The third kappa shape index (κ3) is 3.10. The van der Waals surface area contributed by atoms with Crippen molar-refractivity contribution in [3.05, 3.63) is 35.4 Å². The number of aliphatic hydroxyl groups excluding tert-OH is 1. The van der Waals surface area contributed by atoms with E-state index in [4.69, 9.17) is 10.2 Å². The summed E-state index contributed by atoms with van der Waals surface area (Å²) in [5.74, 6) is -1.65. The highest BCUT2D eigenvalue weighted by atomic mass is 16.4. The van der Waals surface area contributed by atoms with E-state index in [2.05, 4.69) is 10.6 Å². The van der Waals surface area contributed by atoms with Crippen LogP contribution in [0.3, 0.4) is 0 Å². The second-order valence-corrected chi connectivity index (χ2v) is 4.49. The van der Waals surface area contributed by atoms with E-state index in [-0.39, 0.29) is 0 Å². The molecule has 0 radical (unpaired) electrons. The number of benzene rings is 1. The van der Waals surface area contributed by atoms with Gasteiger partial charge in [-0.2, -0.15) is 0 Å². The summed E-state index contributed by atoms with van der Waals surface area (Å²) in [6.45, 7) is -0.0461. The molecule has 4 N–H and O–H groups in total. The molecular formula is C13H16N2O4. The summed E-state index contributed by atoms with van der Waals surface area (Å²) >= 11 is 0. The van der Waals surface area contributed by atoms with Crippen molar-refractivity contribution in [3.8, 4) is 0 Å². The highest BCUT2D eigenvalue weighted by Gasteiger charge is 2.27. The molecule has 2 atom stereocenters. The summed E-state index contributed by atoms with van der Waals surface area (Å²) in [7, 11) is 0. The van der Waals surface area contributed by atoms with Crippen molar-refractivity contribution in [2.45, 2.75) is 25.0 Å². The second-order valence-electron chi connectivity index (χ2n) is 4.49. The van der Waals surface area contributed by atoms with Gasteiger partial charge in [-0.1, -0.05) is 24.3 Å². The number of amides is 1. The average Bonchev–Trinajstić information content (AvgIpc) is 2.43. The Morgan fingerprint density at radius 1 is 1.37 bits per heavy atom. The molecule has 0 saturated heterocycles. The number of carboxylic acid groups (broad SMARTS) is 1. The molecule has 0 unspecified atom stereocenters. The lowest BCUT2D eigenvalue weighted by Crippen LogP contribution is -2.53. The Bertz CT molecular complexity index is 489. The number of carbonyl (C=O) groups is 2. The SMILES string of the molecule is O=C(O)[C@H](CO)NC(=O)[C@@H]1Cc2ccccc2CN1. The van der Waals surface area contributed by atoms with E-state index >= 15 is 0 Å². The van der Waals surface area contributed by atoms with E-state index in [1.54, 1.807) is 0 Å². The van der Waals surface area contributed by atoms with Gasteiger partial charge in [0.2, 0.25) is 5.91 Å². The van der Waals surface area contributed by atoms with Crippen LogP contribution in [-0.2, 0) is 22.6 Å². The summed E-state index contributed by atoms with van der Waals surface area (Å²) in [6, 6.07) is 6.07. The first kappa shape index (κ1) is 13.5. The number of rotatable bonds is 4. The monoisotopic (exact) mass is 264 g/mol. The molecule has 0 aliphatic carbocycles. The van der Waals surface area contributed by atoms with Crippen molar-refractivity contribution < 1.29 is 19.8 Å². The van der Waals surface area contributed by atoms with E-state index in [1.165, 1.54) is 0 Å². The normalized spacial score (nSPS) is 19.3. The van der Waals surface area contributed by atoms with E-state index in [9.17, 15) is 9.59 Å². The minimum atomic E-state index is -1.26. The van der Waals surface area contributed by atoms with Crippen molar-refractivity contribution in [2.24, 2.45) is 0 Å². The summed E-state index contributed by atoms with van der Waals surface area (Å²) in [6.07, 6.45) is 0.514. The van der Waals surface area contributed by atoms with Crippen LogP contribution in [0.1, 0.15) is 11.1 Å². The third-order valence-electron chi connectivity index (χ3n) is 3.19. The fourth-order valence-corrected chi connectivity index (χ4v) is 2.10. The maximum atomic E-state index is 11.9. The number of hydrogen-bond acceptors (Lipinski definition) is 4. The maximum Gasteiger partial charge on any atom is 0.328 e. The lowest BCUT2D eigenvalue weighted by atomic mass is 9.95. The van der Waals surface area contributed by atoms with Crippen LogP contribution in [0.15, 0.2) is 24.3 Å². The molecule has 6 nitrogen and oxygen atoms in total. The number of nitrogens with one attached hydrogen (secondary N) is 2. The highest BCUT2D eigenvalue weighted by molar-refractivity contribution is 5.87. The molecule has 0 aromatic heterocycles. The Morgan fingerprint density at radius 2 is 2.05 bits per heavy atom. The van der Waals surface area contributed by atoms with Gasteiger partial charge in [-0.05, 0) is 17.5 Å². The lowest BCUT2D eigenvalue weighted by molar-refractivity contribution is -0.143. The summed E-state index contributed by atoms with van der Waals surface area (Å²) < 4.78 is 0. The van der Waals surface area contributed by atoms with Crippen molar-refractivity contribution >= 4 is 11.9 Å². The number of aliphatic hydroxyl groups is 1. The quantitative estimate of drug-likeness (QED) is 0.574. The molecule has 6 heteroatoms. The van der Waals surface area contributed by atoms with Crippen LogP contribution in [0.5, 0.6) is 0 Å². The minimum absolute atomic E-state index is 0.407. The van der Waals surface area contributed by atoms with Gasteiger partial charge in [-0.25, -0.2) is 4.79 Å². The molecule has 1 aliphatic rings. The van der Waals surface area contributed by atoms with Crippen molar-refractivity contribution in [2.75, 3.05) is 6.61 Å². The molecule has 1 heterocycles. The van der Waals surface area contributed by atoms with Gasteiger partial charge in [0.15, 0.2) is 0 Å². The zero-order valence-corrected chi connectivity index (χ0v) is 10.3. The van der Waals surface area contributed by atoms with Gasteiger partial charge in [-0.3, -0.25) is 4.79 Å². The molecule has 0 saturated carbocycles. The van der Waals surface area contributed by atoms with Crippen LogP contribution in [-0.4, -0.2) is 40.8 Å². The fourth-order valence-electron chi connectivity index (χ4n) is 2.10. The van der Waals surface area contributed by atoms with Crippen LogP contribution in [0, 0.1) is 0 Å². The van der Waals surface area contributed by atoms with Crippen LogP contribution < -0.4 is 10.6 Å². The summed E-state index contributed by atoms with van der Waals surface area (Å²) in [5.41, 5.74) is 2.22. The predicted octanol–water partition coefficient (Wildman–Crippen LogP) is -0.737.